The summed E-state index contributed by atoms with van der Waals surface area (Å²) in [5, 5.41) is 0. The summed E-state index contributed by atoms with van der Waals surface area (Å²) in [6.07, 6.45) is 1.62. The molecule has 1 aromatic heterocycles. The molecule has 0 amide bonds. The number of hydrogen-bond acceptors (Lipinski definition) is 3. The van der Waals surface area contributed by atoms with E-state index < -0.39 is 0 Å². The number of aryl methyl sites for hydroxylation is 1. The summed E-state index contributed by atoms with van der Waals surface area (Å²) in [6, 6.07) is 10.7. The van der Waals surface area contributed by atoms with Crippen molar-refractivity contribution >= 4 is 5.78 Å². The number of ketones is 1. The molecule has 1 aromatic carbocycles. The summed E-state index contributed by atoms with van der Waals surface area (Å²) in [4.78, 5) is 16.2. The summed E-state index contributed by atoms with van der Waals surface area (Å²) in [6.45, 7) is 1.89. The molecule has 2 rings (SSSR count). The maximum absolute atomic E-state index is 12.2. The highest BCUT2D eigenvalue weighted by molar-refractivity contribution is 6.08. The molecular weight excluding hydrogens is 214 g/mol. The second-order valence-electron chi connectivity index (χ2n) is 3.72. The Hall–Kier alpha value is -2.16. The Morgan fingerprint density at radius 3 is 2.65 bits per heavy atom. The summed E-state index contributed by atoms with van der Waals surface area (Å²) in [5.41, 5.74) is 2.00. The van der Waals surface area contributed by atoms with Crippen molar-refractivity contribution in [2.45, 2.75) is 6.92 Å². The molecule has 3 heteroatoms. The van der Waals surface area contributed by atoms with Crippen molar-refractivity contribution in [3.05, 3.63) is 59.4 Å². The van der Waals surface area contributed by atoms with Crippen LogP contribution >= 0.6 is 0 Å². The first-order valence-corrected chi connectivity index (χ1v) is 5.33. The molecule has 0 aliphatic heterocycles. The van der Waals surface area contributed by atoms with Gasteiger partial charge < -0.3 is 4.74 Å². The Morgan fingerprint density at radius 2 is 2.06 bits per heavy atom. The molecule has 1 heterocycles. The normalized spacial score (nSPS) is 10.0. The highest BCUT2D eigenvalue weighted by atomic mass is 16.5. The van der Waals surface area contributed by atoms with Crippen LogP contribution in [-0.4, -0.2) is 17.9 Å². The zero-order valence-corrected chi connectivity index (χ0v) is 9.81. The van der Waals surface area contributed by atoms with E-state index >= 15 is 0 Å². The van der Waals surface area contributed by atoms with Crippen molar-refractivity contribution < 1.29 is 9.53 Å². The van der Waals surface area contributed by atoms with Crippen LogP contribution in [0.4, 0.5) is 0 Å². The quantitative estimate of drug-likeness (QED) is 0.757. The van der Waals surface area contributed by atoms with Crippen LogP contribution in [-0.2, 0) is 0 Å². The standard InChI is InChI=1S/C14H13NO2/c1-10-9-11(17-2)6-7-12(10)14(16)13-5-3-4-8-15-13/h3-9H,1-2H3. The van der Waals surface area contributed by atoms with Crippen molar-refractivity contribution in [1.29, 1.82) is 0 Å². The fourth-order valence-electron chi connectivity index (χ4n) is 1.65. The molecule has 0 aliphatic carbocycles. The van der Waals surface area contributed by atoms with Gasteiger partial charge in [-0.1, -0.05) is 6.07 Å². The Kier molecular flexibility index (Phi) is 3.19. The summed E-state index contributed by atoms with van der Waals surface area (Å²) >= 11 is 0. The van der Waals surface area contributed by atoms with E-state index in [-0.39, 0.29) is 5.78 Å². The number of nitrogens with zero attached hydrogens (tertiary/aromatic N) is 1. The molecule has 0 radical (unpaired) electrons. The lowest BCUT2D eigenvalue weighted by Gasteiger charge is -2.06. The Balaban J connectivity index is 2.38. The van der Waals surface area contributed by atoms with Gasteiger partial charge in [0.2, 0.25) is 5.78 Å². The number of aromatic nitrogens is 1. The van der Waals surface area contributed by atoms with E-state index in [0.29, 0.717) is 11.3 Å². The number of hydrogen-bond donors (Lipinski definition) is 0. The lowest BCUT2D eigenvalue weighted by molar-refractivity contribution is 0.103. The predicted molar refractivity (Wildman–Crippen MR) is 65.4 cm³/mol. The molecule has 2 aromatic rings. The Labute approximate surface area is 100 Å². The maximum Gasteiger partial charge on any atom is 0.211 e. The zero-order chi connectivity index (χ0) is 12.3. The van der Waals surface area contributed by atoms with Gasteiger partial charge >= 0.3 is 0 Å². The van der Waals surface area contributed by atoms with Crippen LogP contribution in [0.1, 0.15) is 21.6 Å². The third-order valence-corrected chi connectivity index (χ3v) is 2.58. The van der Waals surface area contributed by atoms with E-state index in [1.54, 1.807) is 43.6 Å². The minimum absolute atomic E-state index is 0.0641. The van der Waals surface area contributed by atoms with Gasteiger partial charge in [0.05, 0.1) is 7.11 Å². The maximum atomic E-state index is 12.2. The first-order chi connectivity index (χ1) is 8.22. The van der Waals surface area contributed by atoms with Crippen LogP contribution in [0.3, 0.4) is 0 Å². The second kappa shape index (κ2) is 4.78. The van der Waals surface area contributed by atoms with Crippen molar-refractivity contribution in [1.82, 2.24) is 4.98 Å². The van der Waals surface area contributed by atoms with Crippen LogP contribution in [0.25, 0.3) is 0 Å². The van der Waals surface area contributed by atoms with Crippen LogP contribution < -0.4 is 4.74 Å². The molecule has 0 unspecified atom stereocenters. The predicted octanol–water partition coefficient (Wildman–Crippen LogP) is 2.63. The molecular formula is C14H13NO2. The second-order valence-corrected chi connectivity index (χ2v) is 3.72. The van der Waals surface area contributed by atoms with Gasteiger partial charge in [-0.15, -0.1) is 0 Å². The fourth-order valence-corrected chi connectivity index (χ4v) is 1.65. The molecule has 86 valence electrons. The lowest BCUT2D eigenvalue weighted by atomic mass is 10.0. The number of benzene rings is 1. The minimum Gasteiger partial charge on any atom is -0.497 e. The zero-order valence-electron chi connectivity index (χ0n) is 9.81. The first-order valence-electron chi connectivity index (χ1n) is 5.33. The number of ether oxygens (including phenoxy) is 1. The van der Waals surface area contributed by atoms with E-state index in [0.717, 1.165) is 11.3 Å². The van der Waals surface area contributed by atoms with Gasteiger partial charge in [0, 0.05) is 11.8 Å². The van der Waals surface area contributed by atoms with Gasteiger partial charge in [-0.2, -0.15) is 0 Å². The van der Waals surface area contributed by atoms with Gasteiger partial charge in [-0.3, -0.25) is 9.78 Å². The van der Waals surface area contributed by atoms with Crippen molar-refractivity contribution in [3.63, 3.8) is 0 Å². The van der Waals surface area contributed by atoms with E-state index in [2.05, 4.69) is 4.98 Å². The third-order valence-electron chi connectivity index (χ3n) is 2.58. The van der Waals surface area contributed by atoms with Gasteiger partial charge in [-0.05, 0) is 42.8 Å². The smallest absolute Gasteiger partial charge is 0.211 e. The van der Waals surface area contributed by atoms with Gasteiger partial charge in [0.1, 0.15) is 11.4 Å². The highest BCUT2D eigenvalue weighted by Gasteiger charge is 2.12. The molecule has 0 spiro atoms. The van der Waals surface area contributed by atoms with E-state index in [9.17, 15) is 4.79 Å². The first kappa shape index (κ1) is 11.3. The van der Waals surface area contributed by atoms with Crippen molar-refractivity contribution in [2.24, 2.45) is 0 Å². The minimum atomic E-state index is -0.0641. The topological polar surface area (TPSA) is 39.2 Å². The number of carbonyl (C=O) groups excluding carboxylic acids is 1. The molecule has 0 atom stereocenters. The monoisotopic (exact) mass is 227 g/mol. The Morgan fingerprint density at radius 1 is 1.24 bits per heavy atom. The largest absolute Gasteiger partial charge is 0.497 e. The molecule has 17 heavy (non-hydrogen) atoms. The van der Waals surface area contributed by atoms with E-state index in [1.807, 2.05) is 13.0 Å². The van der Waals surface area contributed by atoms with Crippen LogP contribution in [0.5, 0.6) is 5.75 Å². The molecule has 3 nitrogen and oxygen atoms in total. The van der Waals surface area contributed by atoms with Crippen LogP contribution in [0, 0.1) is 6.92 Å². The number of rotatable bonds is 3. The molecule has 0 fully saturated rings. The van der Waals surface area contributed by atoms with Crippen LogP contribution in [0.15, 0.2) is 42.6 Å². The molecule has 0 N–H and O–H groups in total. The SMILES string of the molecule is COc1ccc(C(=O)c2ccccn2)c(C)c1. The van der Waals surface area contributed by atoms with Crippen molar-refractivity contribution in [2.75, 3.05) is 7.11 Å². The van der Waals surface area contributed by atoms with Gasteiger partial charge in [-0.25, -0.2) is 0 Å². The average molecular weight is 227 g/mol. The third kappa shape index (κ3) is 2.33. The van der Waals surface area contributed by atoms with E-state index in [4.69, 9.17) is 4.74 Å². The molecule has 0 aliphatic rings. The highest BCUT2D eigenvalue weighted by Crippen LogP contribution is 2.18. The molecule has 0 saturated heterocycles. The number of carbonyl (C=O) groups is 1. The van der Waals surface area contributed by atoms with Gasteiger partial charge in [0.15, 0.2) is 0 Å². The summed E-state index contributed by atoms with van der Waals surface area (Å²) in [5.74, 6) is 0.686. The Bertz CT molecular complexity index is 535. The van der Waals surface area contributed by atoms with Gasteiger partial charge in [0.25, 0.3) is 0 Å². The van der Waals surface area contributed by atoms with Crippen LogP contribution in [0.2, 0.25) is 0 Å². The summed E-state index contributed by atoms with van der Waals surface area (Å²) in [7, 11) is 1.61. The lowest BCUT2D eigenvalue weighted by Crippen LogP contribution is -2.05. The molecule has 0 bridgehead atoms. The fraction of sp³-hybridized carbons (Fsp3) is 0.143. The molecule has 0 saturated carbocycles. The van der Waals surface area contributed by atoms with E-state index in [1.165, 1.54) is 0 Å². The number of methoxy groups -OCH3 is 1. The summed E-state index contributed by atoms with van der Waals surface area (Å²) < 4.78 is 5.11. The number of pyridine rings is 1. The van der Waals surface area contributed by atoms with Crippen molar-refractivity contribution in [3.8, 4) is 5.75 Å². The average Bonchev–Trinajstić information content (AvgIpc) is 2.39.